The number of hydroxylamine groups is 1. The fourth-order valence-corrected chi connectivity index (χ4v) is 1.11. The Morgan fingerprint density at radius 1 is 1.38 bits per heavy atom. The molecule has 0 rings (SSSR count). The van der Waals surface area contributed by atoms with E-state index in [9.17, 15) is 4.79 Å². The summed E-state index contributed by atoms with van der Waals surface area (Å²) in [4.78, 5) is 16.3. The highest BCUT2D eigenvalue weighted by atomic mass is 16.6. The van der Waals surface area contributed by atoms with Crippen LogP contribution >= 0.6 is 0 Å². The number of carbonyl (C=O) groups is 1. The van der Waals surface area contributed by atoms with E-state index in [1.54, 1.807) is 6.92 Å². The Morgan fingerprint density at radius 2 is 1.92 bits per heavy atom. The van der Waals surface area contributed by atoms with Gasteiger partial charge >= 0.3 is 0 Å². The SMILES string of the molecule is CCONC(=O)C(CC)(CC)CO. The molecule has 0 spiro atoms. The molecule has 0 aromatic rings. The second-order valence-electron chi connectivity index (χ2n) is 3.01. The lowest BCUT2D eigenvalue weighted by atomic mass is 9.82. The summed E-state index contributed by atoms with van der Waals surface area (Å²) in [5.74, 6) is -0.234. The number of nitrogens with one attached hydrogen (secondary N) is 1. The molecule has 0 atom stereocenters. The second-order valence-corrected chi connectivity index (χ2v) is 3.01. The van der Waals surface area contributed by atoms with Crippen molar-refractivity contribution in [3.63, 3.8) is 0 Å². The summed E-state index contributed by atoms with van der Waals surface area (Å²) >= 11 is 0. The molecule has 0 bridgehead atoms. The van der Waals surface area contributed by atoms with E-state index in [-0.39, 0.29) is 12.5 Å². The maximum atomic E-state index is 11.5. The Balaban J connectivity index is 4.26. The van der Waals surface area contributed by atoms with Crippen LogP contribution in [0, 0.1) is 5.41 Å². The molecule has 4 heteroatoms. The number of aliphatic hydroxyl groups is 1. The fraction of sp³-hybridized carbons (Fsp3) is 0.889. The van der Waals surface area contributed by atoms with Crippen molar-refractivity contribution in [3.8, 4) is 0 Å². The lowest BCUT2D eigenvalue weighted by molar-refractivity contribution is -0.147. The normalized spacial score (nSPS) is 11.4. The first-order chi connectivity index (χ1) is 6.16. The van der Waals surface area contributed by atoms with Crippen molar-refractivity contribution in [2.24, 2.45) is 5.41 Å². The summed E-state index contributed by atoms with van der Waals surface area (Å²) in [5, 5.41) is 9.13. The number of hydrogen-bond donors (Lipinski definition) is 2. The molecule has 1 amide bonds. The number of rotatable bonds is 6. The molecule has 0 saturated heterocycles. The van der Waals surface area contributed by atoms with Gasteiger partial charge in [-0.15, -0.1) is 0 Å². The number of amides is 1. The molecule has 0 heterocycles. The third kappa shape index (κ3) is 2.97. The summed E-state index contributed by atoms with van der Waals surface area (Å²) in [5.41, 5.74) is 1.64. The molecule has 2 N–H and O–H groups in total. The number of hydrogen-bond acceptors (Lipinski definition) is 3. The van der Waals surface area contributed by atoms with Gasteiger partial charge in [-0.3, -0.25) is 9.63 Å². The zero-order valence-corrected chi connectivity index (χ0v) is 8.59. The standard InChI is InChI=1S/C9H19NO3/c1-4-9(5-2,7-11)8(12)10-13-6-3/h11H,4-7H2,1-3H3,(H,10,12). The van der Waals surface area contributed by atoms with Crippen LogP contribution in [0.3, 0.4) is 0 Å². The zero-order chi connectivity index (χ0) is 10.3. The van der Waals surface area contributed by atoms with Crippen LogP contribution in [0.4, 0.5) is 0 Å². The molecule has 0 aliphatic heterocycles. The van der Waals surface area contributed by atoms with Gasteiger partial charge in [-0.05, 0) is 19.8 Å². The number of carbonyl (C=O) groups excluding carboxylic acids is 1. The molecular formula is C9H19NO3. The minimum Gasteiger partial charge on any atom is -0.395 e. The van der Waals surface area contributed by atoms with Gasteiger partial charge < -0.3 is 5.11 Å². The maximum Gasteiger partial charge on any atom is 0.252 e. The van der Waals surface area contributed by atoms with E-state index >= 15 is 0 Å². The van der Waals surface area contributed by atoms with Gasteiger partial charge in [0.05, 0.1) is 18.6 Å². The summed E-state index contributed by atoms with van der Waals surface area (Å²) in [6.07, 6.45) is 1.22. The van der Waals surface area contributed by atoms with Crippen molar-refractivity contribution in [3.05, 3.63) is 0 Å². The highest BCUT2D eigenvalue weighted by Gasteiger charge is 2.34. The average Bonchev–Trinajstić information content (AvgIpc) is 2.18. The largest absolute Gasteiger partial charge is 0.395 e. The molecule has 0 aliphatic rings. The topological polar surface area (TPSA) is 58.6 Å². The molecule has 13 heavy (non-hydrogen) atoms. The van der Waals surface area contributed by atoms with Crippen LogP contribution < -0.4 is 5.48 Å². The van der Waals surface area contributed by atoms with Crippen LogP contribution in [0.25, 0.3) is 0 Å². The average molecular weight is 189 g/mol. The highest BCUT2D eigenvalue weighted by Crippen LogP contribution is 2.25. The van der Waals surface area contributed by atoms with E-state index in [2.05, 4.69) is 5.48 Å². The smallest absolute Gasteiger partial charge is 0.252 e. The summed E-state index contributed by atoms with van der Waals surface area (Å²) in [6, 6.07) is 0. The summed E-state index contributed by atoms with van der Waals surface area (Å²) < 4.78 is 0. The van der Waals surface area contributed by atoms with E-state index in [1.165, 1.54) is 0 Å². The van der Waals surface area contributed by atoms with E-state index in [0.717, 1.165) is 0 Å². The van der Waals surface area contributed by atoms with Crippen LogP contribution in [0.1, 0.15) is 33.6 Å². The first-order valence-corrected chi connectivity index (χ1v) is 4.70. The van der Waals surface area contributed by atoms with E-state index in [4.69, 9.17) is 9.94 Å². The second kappa shape index (κ2) is 5.94. The van der Waals surface area contributed by atoms with E-state index in [1.807, 2.05) is 13.8 Å². The van der Waals surface area contributed by atoms with Crippen LogP contribution in [-0.4, -0.2) is 24.2 Å². The van der Waals surface area contributed by atoms with Gasteiger partial charge in [0, 0.05) is 0 Å². The third-order valence-electron chi connectivity index (χ3n) is 2.45. The molecule has 0 saturated carbocycles. The Hall–Kier alpha value is -0.610. The molecule has 0 unspecified atom stereocenters. The molecule has 0 aromatic heterocycles. The van der Waals surface area contributed by atoms with Gasteiger partial charge in [-0.25, -0.2) is 5.48 Å². The Kier molecular flexibility index (Phi) is 5.66. The van der Waals surface area contributed by atoms with Gasteiger partial charge in [0.25, 0.3) is 5.91 Å². The molecule has 0 fully saturated rings. The quantitative estimate of drug-likeness (QED) is 0.609. The fourth-order valence-electron chi connectivity index (χ4n) is 1.11. The van der Waals surface area contributed by atoms with Gasteiger partial charge in [-0.2, -0.15) is 0 Å². The third-order valence-corrected chi connectivity index (χ3v) is 2.45. The Bertz CT molecular complexity index is 147. The highest BCUT2D eigenvalue weighted by molar-refractivity contribution is 5.81. The lowest BCUT2D eigenvalue weighted by Gasteiger charge is -2.27. The minimum absolute atomic E-state index is 0.140. The minimum atomic E-state index is -0.685. The summed E-state index contributed by atoms with van der Waals surface area (Å²) in [6.45, 7) is 5.84. The van der Waals surface area contributed by atoms with Gasteiger partial charge in [0.15, 0.2) is 0 Å². The van der Waals surface area contributed by atoms with Crippen molar-refractivity contribution < 1.29 is 14.7 Å². The van der Waals surface area contributed by atoms with Crippen LogP contribution in [0.2, 0.25) is 0 Å². The predicted molar refractivity (Wildman–Crippen MR) is 49.9 cm³/mol. The van der Waals surface area contributed by atoms with E-state index < -0.39 is 5.41 Å². The molecule has 78 valence electrons. The predicted octanol–water partition coefficient (Wildman–Crippen LogP) is 0.853. The van der Waals surface area contributed by atoms with Crippen molar-refractivity contribution in [1.82, 2.24) is 5.48 Å². The first kappa shape index (κ1) is 12.4. The zero-order valence-electron chi connectivity index (χ0n) is 8.59. The van der Waals surface area contributed by atoms with Gasteiger partial charge in [-0.1, -0.05) is 13.8 Å². The molecule has 0 aromatic carbocycles. The maximum absolute atomic E-state index is 11.5. The monoisotopic (exact) mass is 189 g/mol. The molecule has 0 aliphatic carbocycles. The Morgan fingerprint density at radius 3 is 2.23 bits per heavy atom. The molecule has 0 radical (unpaired) electrons. The molecule has 4 nitrogen and oxygen atoms in total. The van der Waals surface area contributed by atoms with Crippen molar-refractivity contribution in [2.45, 2.75) is 33.6 Å². The number of aliphatic hydroxyl groups excluding tert-OH is 1. The van der Waals surface area contributed by atoms with Crippen molar-refractivity contribution in [2.75, 3.05) is 13.2 Å². The summed E-state index contributed by atoms with van der Waals surface area (Å²) in [7, 11) is 0. The molecular weight excluding hydrogens is 170 g/mol. The first-order valence-electron chi connectivity index (χ1n) is 4.70. The van der Waals surface area contributed by atoms with Crippen LogP contribution in [0.5, 0.6) is 0 Å². The van der Waals surface area contributed by atoms with Gasteiger partial charge in [0.1, 0.15) is 0 Å². The van der Waals surface area contributed by atoms with Crippen molar-refractivity contribution in [1.29, 1.82) is 0 Å². The van der Waals surface area contributed by atoms with Crippen molar-refractivity contribution >= 4 is 5.91 Å². The van der Waals surface area contributed by atoms with Crippen LogP contribution in [-0.2, 0) is 9.63 Å². The van der Waals surface area contributed by atoms with Crippen LogP contribution in [0.15, 0.2) is 0 Å². The Labute approximate surface area is 79.2 Å². The van der Waals surface area contributed by atoms with Gasteiger partial charge in [0.2, 0.25) is 0 Å². The lowest BCUT2D eigenvalue weighted by Crippen LogP contribution is -2.42. The van der Waals surface area contributed by atoms with E-state index in [0.29, 0.717) is 19.4 Å².